The molecule has 0 aromatic heterocycles. The number of benzene rings is 2. The van der Waals surface area contributed by atoms with Crippen LogP contribution in [0.4, 0.5) is 4.79 Å². The normalized spacial score (nSPS) is 17.2. The van der Waals surface area contributed by atoms with Gasteiger partial charge < -0.3 is 20.1 Å². The van der Waals surface area contributed by atoms with Gasteiger partial charge in [0.25, 0.3) is 0 Å². The summed E-state index contributed by atoms with van der Waals surface area (Å²) in [4.78, 5) is 37.5. The van der Waals surface area contributed by atoms with Crippen LogP contribution >= 0.6 is 0 Å². The standard InChI is InChI=1S/C26H30N2O5/c29-24(28-16-8-6-13-23(28)25(30)31)14-5-7-15-27-26(32)33-17-22-20-11-3-1-9-18(20)19-10-2-4-12-21(19)22/h1-4,9-12,22-23H,5-8,13-17H2,(H,27,32)(H,30,31)/t23-/m0/s1. The largest absolute Gasteiger partial charge is 0.480 e. The first-order valence-corrected chi connectivity index (χ1v) is 11.7. The van der Waals surface area contributed by atoms with Gasteiger partial charge in [-0.2, -0.15) is 0 Å². The molecule has 2 aliphatic rings. The number of carboxylic acids is 1. The zero-order chi connectivity index (χ0) is 23.2. The number of nitrogens with one attached hydrogen (secondary N) is 1. The number of amides is 2. The topological polar surface area (TPSA) is 95.9 Å². The zero-order valence-electron chi connectivity index (χ0n) is 18.7. The second-order valence-corrected chi connectivity index (χ2v) is 8.65. The fourth-order valence-electron chi connectivity index (χ4n) is 4.87. The minimum Gasteiger partial charge on any atom is -0.480 e. The van der Waals surface area contributed by atoms with E-state index < -0.39 is 18.1 Å². The molecule has 0 spiro atoms. The Morgan fingerprint density at radius 1 is 0.970 bits per heavy atom. The fraction of sp³-hybridized carbons (Fsp3) is 0.423. The number of hydrogen-bond donors (Lipinski definition) is 2. The summed E-state index contributed by atoms with van der Waals surface area (Å²) >= 11 is 0. The SMILES string of the molecule is O=C(NCCCCC(=O)N1CCCC[C@H]1C(=O)O)OCC1c2ccccc2-c2ccccc21. The molecular formula is C26H30N2O5. The van der Waals surface area contributed by atoms with Crippen LogP contribution < -0.4 is 5.32 Å². The van der Waals surface area contributed by atoms with Crippen molar-refractivity contribution in [3.05, 3.63) is 59.7 Å². The predicted molar refractivity (Wildman–Crippen MR) is 124 cm³/mol. The van der Waals surface area contributed by atoms with Crippen molar-refractivity contribution in [1.82, 2.24) is 10.2 Å². The molecule has 4 rings (SSSR count). The highest BCUT2D eigenvalue weighted by molar-refractivity contribution is 5.84. The van der Waals surface area contributed by atoms with Crippen molar-refractivity contribution in [3.8, 4) is 11.1 Å². The van der Waals surface area contributed by atoms with Crippen LogP contribution in [0.25, 0.3) is 11.1 Å². The molecule has 7 heteroatoms. The summed E-state index contributed by atoms with van der Waals surface area (Å²) < 4.78 is 5.51. The minimum absolute atomic E-state index is 0.0208. The summed E-state index contributed by atoms with van der Waals surface area (Å²) in [5, 5.41) is 12.1. The maximum absolute atomic E-state index is 12.4. The van der Waals surface area contributed by atoms with Gasteiger partial charge in [0, 0.05) is 25.4 Å². The second kappa shape index (κ2) is 10.5. The van der Waals surface area contributed by atoms with Gasteiger partial charge in [-0.15, -0.1) is 0 Å². The molecule has 0 unspecified atom stereocenters. The van der Waals surface area contributed by atoms with Crippen molar-refractivity contribution in [1.29, 1.82) is 0 Å². The number of carboxylic acid groups (broad SMARTS) is 1. The number of unbranched alkanes of at least 4 members (excludes halogenated alkanes) is 1. The molecular weight excluding hydrogens is 420 g/mol. The molecule has 1 fully saturated rings. The summed E-state index contributed by atoms with van der Waals surface area (Å²) in [6.45, 7) is 1.18. The van der Waals surface area contributed by atoms with Gasteiger partial charge in [-0.05, 0) is 54.4 Å². The third-order valence-corrected chi connectivity index (χ3v) is 6.54. The van der Waals surface area contributed by atoms with E-state index >= 15 is 0 Å². The second-order valence-electron chi connectivity index (χ2n) is 8.65. The van der Waals surface area contributed by atoms with E-state index in [-0.39, 0.29) is 24.9 Å². The van der Waals surface area contributed by atoms with E-state index in [9.17, 15) is 19.5 Å². The third kappa shape index (κ3) is 5.18. The van der Waals surface area contributed by atoms with E-state index in [4.69, 9.17) is 4.74 Å². The highest BCUT2D eigenvalue weighted by Crippen LogP contribution is 2.44. The average Bonchev–Trinajstić information content (AvgIpc) is 3.16. The van der Waals surface area contributed by atoms with Gasteiger partial charge in [0.05, 0.1) is 0 Å². The summed E-state index contributed by atoms with van der Waals surface area (Å²) in [5.41, 5.74) is 4.71. The van der Waals surface area contributed by atoms with Crippen molar-refractivity contribution >= 4 is 18.0 Å². The first kappa shape index (κ1) is 22.8. The van der Waals surface area contributed by atoms with Gasteiger partial charge >= 0.3 is 12.1 Å². The van der Waals surface area contributed by atoms with Gasteiger partial charge in [-0.25, -0.2) is 9.59 Å². The summed E-state index contributed by atoms with van der Waals surface area (Å²) in [5.74, 6) is -1.03. The molecule has 1 saturated heterocycles. The molecule has 33 heavy (non-hydrogen) atoms. The van der Waals surface area contributed by atoms with E-state index in [0.717, 1.165) is 12.8 Å². The number of fused-ring (bicyclic) bond motifs is 3. The number of piperidine rings is 1. The molecule has 2 aromatic rings. The van der Waals surface area contributed by atoms with Crippen molar-refractivity contribution in [2.24, 2.45) is 0 Å². The van der Waals surface area contributed by atoms with Crippen LogP contribution in [0.2, 0.25) is 0 Å². The Hall–Kier alpha value is -3.35. The van der Waals surface area contributed by atoms with Crippen LogP contribution in [0, 0.1) is 0 Å². The van der Waals surface area contributed by atoms with E-state index in [2.05, 4.69) is 29.6 Å². The number of ether oxygens (including phenoxy) is 1. The molecule has 1 heterocycles. The van der Waals surface area contributed by atoms with Gasteiger partial charge in [-0.3, -0.25) is 4.79 Å². The molecule has 7 nitrogen and oxygen atoms in total. The fourth-order valence-corrected chi connectivity index (χ4v) is 4.87. The summed E-state index contributed by atoms with van der Waals surface area (Å²) in [7, 11) is 0. The van der Waals surface area contributed by atoms with E-state index in [1.54, 1.807) is 0 Å². The molecule has 2 N–H and O–H groups in total. The van der Waals surface area contributed by atoms with E-state index in [0.29, 0.717) is 32.4 Å². The smallest absolute Gasteiger partial charge is 0.407 e. The van der Waals surface area contributed by atoms with Crippen LogP contribution in [0.3, 0.4) is 0 Å². The molecule has 2 amide bonds. The zero-order valence-corrected chi connectivity index (χ0v) is 18.7. The molecule has 0 bridgehead atoms. The van der Waals surface area contributed by atoms with Crippen LogP contribution in [-0.4, -0.2) is 53.7 Å². The molecule has 2 aromatic carbocycles. The predicted octanol–water partition coefficient (Wildman–Crippen LogP) is 4.16. The first-order valence-electron chi connectivity index (χ1n) is 11.7. The number of likely N-dealkylation sites (tertiary alicyclic amines) is 1. The molecule has 1 atom stereocenters. The molecule has 1 aliphatic carbocycles. The number of alkyl carbamates (subject to hydrolysis) is 1. The third-order valence-electron chi connectivity index (χ3n) is 6.54. The van der Waals surface area contributed by atoms with Gasteiger partial charge in [0.15, 0.2) is 0 Å². The summed E-state index contributed by atoms with van der Waals surface area (Å²) in [6, 6.07) is 15.7. The van der Waals surface area contributed by atoms with Crippen molar-refractivity contribution in [2.75, 3.05) is 19.7 Å². The lowest BCUT2D eigenvalue weighted by Gasteiger charge is -2.33. The number of carbonyl (C=O) groups excluding carboxylic acids is 2. The monoisotopic (exact) mass is 450 g/mol. The maximum atomic E-state index is 12.4. The number of hydrogen-bond acceptors (Lipinski definition) is 4. The lowest BCUT2D eigenvalue weighted by Crippen LogP contribution is -2.47. The van der Waals surface area contributed by atoms with Gasteiger partial charge in [-0.1, -0.05) is 48.5 Å². The van der Waals surface area contributed by atoms with Gasteiger partial charge in [0.2, 0.25) is 5.91 Å². The number of rotatable bonds is 8. The minimum atomic E-state index is -0.931. The Balaban J connectivity index is 1.19. The average molecular weight is 451 g/mol. The number of carbonyl (C=O) groups is 3. The van der Waals surface area contributed by atoms with Crippen molar-refractivity contribution in [3.63, 3.8) is 0 Å². The molecule has 0 saturated carbocycles. The lowest BCUT2D eigenvalue weighted by molar-refractivity contribution is -0.152. The molecule has 1 aliphatic heterocycles. The first-order chi connectivity index (χ1) is 16.1. The van der Waals surface area contributed by atoms with Crippen LogP contribution in [0.15, 0.2) is 48.5 Å². The Morgan fingerprint density at radius 3 is 2.30 bits per heavy atom. The highest BCUT2D eigenvalue weighted by Gasteiger charge is 2.31. The maximum Gasteiger partial charge on any atom is 0.407 e. The van der Waals surface area contributed by atoms with E-state index in [1.165, 1.54) is 27.2 Å². The molecule has 0 radical (unpaired) electrons. The molecule has 174 valence electrons. The van der Waals surface area contributed by atoms with Crippen LogP contribution in [0.5, 0.6) is 0 Å². The Labute approximate surface area is 193 Å². The van der Waals surface area contributed by atoms with Crippen molar-refractivity contribution in [2.45, 2.75) is 50.5 Å². The van der Waals surface area contributed by atoms with Crippen molar-refractivity contribution < 1.29 is 24.2 Å². The Kier molecular flexibility index (Phi) is 7.27. The highest BCUT2D eigenvalue weighted by atomic mass is 16.5. The Bertz CT molecular complexity index is 976. The van der Waals surface area contributed by atoms with Crippen LogP contribution in [-0.2, 0) is 14.3 Å². The number of nitrogens with zero attached hydrogens (tertiary/aromatic N) is 1. The van der Waals surface area contributed by atoms with Gasteiger partial charge in [0.1, 0.15) is 12.6 Å². The lowest BCUT2D eigenvalue weighted by atomic mass is 9.98. The quantitative estimate of drug-likeness (QED) is 0.589. The van der Waals surface area contributed by atoms with Crippen LogP contribution in [0.1, 0.15) is 55.6 Å². The van der Waals surface area contributed by atoms with E-state index in [1.807, 2.05) is 24.3 Å². The Morgan fingerprint density at radius 2 is 1.64 bits per heavy atom. The summed E-state index contributed by atoms with van der Waals surface area (Å²) in [6.07, 6.45) is 3.24. The number of aliphatic carboxylic acids is 1.